The minimum atomic E-state index is 0.587. The Morgan fingerprint density at radius 1 is 1.19 bits per heavy atom. The highest BCUT2D eigenvalue weighted by atomic mass is 16.5. The van der Waals surface area contributed by atoms with Crippen molar-refractivity contribution in [2.45, 2.75) is 38.6 Å². The maximum Gasteiger partial charge on any atom is 0.119 e. The lowest BCUT2D eigenvalue weighted by Crippen LogP contribution is -2.27. The second-order valence-corrected chi connectivity index (χ2v) is 4.08. The largest absolute Gasteiger partial charge is 0.494 e. The fraction of sp³-hybridized carbons (Fsp3) is 0.571. The van der Waals surface area contributed by atoms with Gasteiger partial charge in [-0.25, -0.2) is 0 Å². The van der Waals surface area contributed by atoms with Crippen molar-refractivity contribution in [3.05, 3.63) is 30.3 Å². The van der Waals surface area contributed by atoms with E-state index in [-0.39, 0.29) is 0 Å². The predicted octanol–water partition coefficient (Wildman–Crippen LogP) is 3.23. The Morgan fingerprint density at radius 2 is 1.94 bits per heavy atom. The third kappa shape index (κ3) is 5.17. The first-order valence-electron chi connectivity index (χ1n) is 6.22. The zero-order valence-corrected chi connectivity index (χ0v) is 10.4. The van der Waals surface area contributed by atoms with Gasteiger partial charge in [0.1, 0.15) is 5.75 Å². The molecule has 0 heterocycles. The van der Waals surface area contributed by atoms with E-state index in [1.807, 2.05) is 37.4 Å². The van der Waals surface area contributed by atoms with Crippen molar-refractivity contribution in [3.63, 3.8) is 0 Å². The number of ether oxygens (including phenoxy) is 1. The van der Waals surface area contributed by atoms with Crippen LogP contribution in [-0.2, 0) is 0 Å². The molecule has 1 aromatic rings. The first kappa shape index (κ1) is 13.0. The summed E-state index contributed by atoms with van der Waals surface area (Å²) in [7, 11) is 2.03. The number of rotatable bonds is 8. The standard InChI is InChI=1S/C14H23NO/c1-3-4-8-13(15-2)11-12-16-14-9-6-5-7-10-14/h5-7,9-10,13,15H,3-4,8,11-12H2,1-2H3. The van der Waals surface area contributed by atoms with Gasteiger partial charge in [0.25, 0.3) is 0 Å². The molecule has 0 aliphatic heterocycles. The fourth-order valence-corrected chi connectivity index (χ4v) is 1.72. The summed E-state index contributed by atoms with van der Waals surface area (Å²) >= 11 is 0. The van der Waals surface area contributed by atoms with E-state index in [0.29, 0.717) is 6.04 Å². The lowest BCUT2D eigenvalue weighted by atomic mass is 10.1. The lowest BCUT2D eigenvalue weighted by Gasteiger charge is -2.15. The van der Waals surface area contributed by atoms with Crippen molar-refractivity contribution < 1.29 is 4.74 Å². The molecule has 1 N–H and O–H groups in total. The number of hydrogen-bond donors (Lipinski definition) is 1. The number of unbranched alkanes of at least 4 members (excludes halogenated alkanes) is 1. The van der Waals surface area contributed by atoms with Crippen molar-refractivity contribution in [1.29, 1.82) is 0 Å². The molecule has 0 aliphatic carbocycles. The van der Waals surface area contributed by atoms with Crippen molar-refractivity contribution in [3.8, 4) is 5.75 Å². The van der Waals surface area contributed by atoms with E-state index >= 15 is 0 Å². The Bertz CT molecular complexity index is 261. The topological polar surface area (TPSA) is 21.3 Å². The van der Waals surface area contributed by atoms with Gasteiger partial charge < -0.3 is 10.1 Å². The van der Waals surface area contributed by atoms with E-state index in [2.05, 4.69) is 12.2 Å². The van der Waals surface area contributed by atoms with Crippen LogP contribution in [0.1, 0.15) is 32.6 Å². The van der Waals surface area contributed by atoms with Crippen molar-refractivity contribution in [2.75, 3.05) is 13.7 Å². The van der Waals surface area contributed by atoms with Crippen molar-refractivity contribution >= 4 is 0 Å². The van der Waals surface area contributed by atoms with E-state index in [1.54, 1.807) is 0 Å². The normalized spacial score (nSPS) is 12.4. The van der Waals surface area contributed by atoms with Crippen LogP contribution in [-0.4, -0.2) is 19.7 Å². The summed E-state index contributed by atoms with van der Waals surface area (Å²) in [5, 5.41) is 3.34. The van der Waals surface area contributed by atoms with Gasteiger partial charge in [-0.3, -0.25) is 0 Å². The molecule has 90 valence electrons. The maximum atomic E-state index is 5.68. The summed E-state index contributed by atoms with van der Waals surface area (Å²) < 4.78 is 5.68. The zero-order chi connectivity index (χ0) is 11.6. The van der Waals surface area contributed by atoms with Crippen molar-refractivity contribution in [2.24, 2.45) is 0 Å². The molecule has 0 fully saturated rings. The predicted molar refractivity (Wildman–Crippen MR) is 68.9 cm³/mol. The molecule has 0 amide bonds. The smallest absolute Gasteiger partial charge is 0.119 e. The minimum Gasteiger partial charge on any atom is -0.494 e. The van der Waals surface area contributed by atoms with E-state index in [4.69, 9.17) is 4.74 Å². The van der Waals surface area contributed by atoms with E-state index in [9.17, 15) is 0 Å². The third-order valence-corrected chi connectivity index (χ3v) is 2.79. The number of para-hydroxylation sites is 1. The van der Waals surface area contributed by atoms with Gasteiger partial charge in [-0.15, -0.1) is 0 Å². The van der Waals surface area contributed by atoms with E-state index in [1.165, 1.54) is 19.3 Å². The summed E-state index contributed by atoms with van der Waals surface area (Å²) in [6, 6.07) is 10.6. The van der Waals surface area contributed by atoms with Crippen LogP contribution in [0.4, 0.5) is 0 Å². The highest BCUT2D eigenvalue weighted by Gasteiger charge is 2.05. The molecule has 16 heavy (non-hydrogen) atoms. The summed E-state index contributed by atoms with van der Waals surface area (Å²) in [4.78, 5) is 0. The molecule has 0 saturated carbocycles. The Labute approximate surface area is 99.0 Å². The zero-order valence-electron chi connectivity index (χ0n) is 10.4. The molecule has 0 aliphatic rings. The molecular formula is C14H23NO. The Kier molecular flexibility index (Phi) is 6.66. The van der Waals surface area contributed by atoms with Crippen LogP contribution in [0.25, 0.3) is 0 Å². The molecule has 0 radical (unpaired) electrons. The molecule has 1 unspecified atom stereocenters. The van der Waals surface area contributed by atoms with Crippen LogP contribution in [0.3, 0.4) is 0 Å². The highest BCUT2D eigenvalue weighted by molar-refractivity contribution is 5.20. The second kappa shape index (κ2) is 8.17. The van der Waals surface area contributed by atoms with Gasteiger partial charge >= 0.3 is 0 Å². The highest BCUT2D eigenvalue weighted by Crippen LogP contribution is 2.10. The number of hydrogen-bond acceptors (Lipinski definition) is 2. The van der Waals surface area contributed by atoms with Gasteiger partial charge in [0.05, 0.1) is 6.61 Å². The maximum absolute atomic E-state index is 5.68. The third-order valence-electron chi connectivity index (χ3n) is 2.79. The van der Waals surface area contributed by atoms with Gasteiger partial charge in [0, 0.05) is 6.04 Å². The van der Waals surface area contributed by atoms with E-state index < -0.39 is 0 Å². The quantitative estimate of drug-likeness (QED) is 0.727. The summed E-state index contributed by atoms with van der Waals surface area (Å²) in [5.74, 6) is 0.966. The van der Waals surface area contributed by atoms with Gasteiger partial charge in [-0.05, 0) is 32.0 Å². The molecule has 0 bridgehead atoms. The fourth-order valence-electron chi connectivity index (χ4n) is 1.72. The van der Waals surface area contributed by atoms with Gasteiger partial charge in [0.2, 0.25) is 0 Å². The molecule has 1 rings (SSSR count). The summed E-state index contributed by atoms with van der Waals surface area (Å²) in [6.45, 7) is 3.02. The Hall–Kier alpha value is -1.02. The summed E-state index contributed by atoms with van der Waals surface area (Å²) in [6.07, 6.45) is 4.87. The summed E-state index contributed by atoms with van der Waals surface area (Å²) in [5.41, 5.74) is 0. The van der Waals surface area contributed by atoms with Crippen molar-refractivity contribution in [1.82, 2.24) is 5.32 Å². The monoisotopic (exact) mass is 221 g/mol. The number of benzene rings is 1. The molecule has 0 aromatic heterocycles. The molecule has 0 saturated heterocycles. The van der Waals surface area contributed by atoms with E-state index in [0.717, 1.165) is 18.8 Å². The molecule has 2 nitrogen and oxygen atoms in total. The molecule has 2 heteroatoms. The Balaban J connectivity index is 2.18. The average Bonchev–Trinajstić information content (AvgIpc) is 2.35. The van der Waals surface area contributed by atoms with Crippen LogP contribution in [0.15, 0.2) is 30.3 Å². The average molecular weight is 221 g/mol. The molecule has 1 atom stereocenters. The SMILES string of the molecule is CCCCC(CCOc1ccccc1)NC. The Morgan fingerprint density at radius 3 is 2.56 bits per heavy atom. The van der Waals surface area contributed by atoms with Gasteiger partial charge in [-0.1, -0.05) is 38.0 Å². The van der Waals surface area contributed by atoms with Crippen LogP contribution in [0.5, 0.6) is 5.75 Å². The van der Waals surface area contributed by atoms with Crippen LogP contribution < -0.4 is 10.1 Å². The first-order valence-corrected chi connectivity index (χ1v) is 6.22. The molecule has 1 aromatic carbocycles. The van der Waals surface area contributed by atoms with Crippen LogP contribution in [0.2, 0.25) is 0 Å². The van der Waals surface area contributed by atoms with Crippen LogP contribution >= 0.6 is 0 Å². The molecule has 0 spiro atoms. The van der Waals surface area contributed by atoms with Crippen LogP contribution in [0, 0.1) is 0 Å². The first-order chi connectivity index (χ1) is 7.86. The second-order valence-electron chi connectivity index (χ2n) is 4.08. The van der Waals surface area contributed by atoms with Gasteiger partial charge in [0.15, 0.2) is 0 Å². The molecular weight excluding hydrogens is 198 g/mol. The van der Waals surface area contributed by atoms with Gasteiger partial charge in [-0.2, -0.15) is 0 Å². The lowest BCUT2D eigenvalue weighted by molar-refractivity contribution is 0.283. The number of nitrogens with one attached hydrogen (secondary N) is 1. The minimum absolute atomic E-state index is 0.587.